The van der Waals surface area contributed by atoms with E-state index in [2.05, 4.69) is 18.2 Å². The molecule has 0 aliphatic carbocycles. The van der Waals surface area contributed by atoms with E-state index in [1.54, 1.807) is 0 Å². The number of alkyl halides is 1. The Morgan fingerprint density at radius 2 is 1.36 bits per heavy atom. The molecule has 0 spiro atoms. The zero-order chi connectivity index (χ0) is 21.5. The van der Waals surface area contributed by atoms with Gasteiger partial charge in [0.25, 0.3) is 0 Å². The van der Waals surface area contributed by atoms with Crippen molar-refractivity contribution in [1.82, 2.24) is 0 Å². The van der Waals surface area contributed by atoms with Crippen LogP contribution in [0.1, 0.15) is 65.7 Å². The first-order valence-electron chi connectivity index (χ1n) is 9.64. The molecule has 0 amide bonds. The summed E-state index contributed by atoms with van der Waals surface area (Å²) in [7, 11) is -9.99. The average Bonchev–Trinajstić information content (AvgIpc) is 2.61. The van der Waals surface area contributed by atoms with Crippen LogP contribution in [0.3, 0.4) is 0 Å². The topological polar surface area (TPSA) is 89.9 Å². The van der Waals surface area contributed by atoms with Gasteiger partial charge < -0.3 is 9.05 Å². The van der Waals surface area contributed by atoms with Crippen LogP contribution in [0.25, 0.3) is 0 Å². The maximum atomic E-state index is 15.1. The molecule has 0 saturated heterocycles. The number of halogens is 1. The predicted octanol–water partition coefficient (Wildman–Crippen LogP) is 6.18. The molecule has 1 unspecified atom stereocenters. The van der Waals surface area contributed by atoms with Crippen LogP contribution in [-0.2, 0) is 23.7 Å². The molecule has 9 heteroatoms. The molecule has 0 aromatic carbocycles. The van der Waals surface area contributed by atoms with E-state index in [1.165, 1.54) is 13.8 Å². The SMILES string of the molecule is CC=CCC/C=C/CC/C=C/CCCC(F)(P(=O)(OCC)OCC)S(=O)(=O)O. The number of allylic oxidation sites excluding steroid dienone is 6. The average molecular weight is 441 g/mol. The van der Waals surface area contributed by atoms with Crippen molar-refractivity contribution in [3.63, 3.8) is 0 Å². The quantitative estimate of drug-likeness (QED) is 0.133. The first-order chi connectivity index (χ1) is 13.2. The normalized spacial score (nSPS) is 15.8. The summed E-state index contributed by atoms with van der Waals surface area (Å²) >= 11 is 0. The highest BCUT2D eigenvalue weighted by Gasteiger charge is 2.61. The third-order valence-electron chi connectivity index (χ3n) is 3.83. The summed E-state index contributed by atoms with van der Waals surface area (Å²) in [5, 5.41) is 0. The van der Waals surface area contributed by atoms with Gasteiger partial charge in [0.05, 0.1) is 13.2 Å². The van der Waals surface area contributed by atoms with Gasteiger partial charge in [-0.25, -0.2) is 4.39 Å². The Balaban J connectivity index is 4.61. The Bertz CT molecular complexity index is 649. The Kier molecular flexibility index (Phi) is 13.8. The van der Waals surface area contributed by atoms with Gasteiger partial charge in [0, 0.05) is 6.42 Å². The third kappa shape index (κ3) is 9.14. The zero-order valence-electron chi connectivity index (χ0n) is 17.0. The van der Waals surface area contributed by atoms with Crippen LogP contribution in [-0.4, -0.2) is 30.9 Å². The molecular formula is C19H34FO6PS. The summed E-state index contributed by atoms with van der Waals surface area (Å²) in [6, 6.07) is 0. The minimum Gasteiger partial charge on any atom is -0.306 e. The Morgan fingerprint density at radius 3 is 1.75 bits per heavy atom. The van der Waals surface area contributed by atoms with E-state index in [0.717, 1.165) is 25.7 Å². The molecule has 0 saturated carbocycles. The zero-order valence-corrected chi connectivity index (χ0v) is 18.8. The number of hydrogen-bond donors (Lipinski definition) is 1. The van der Waals surface area contributed by atoms with Gasteiger partial charge >= 0.3 is 22.5 Å². The molecule has 1 atom stereocenters. The summed E-state index contributed by atoms with van der Waals surface area (Å²) in [6.45, 7) is 4.45. The predicted molar refractivity (Wildman–Crippen MR) is 112 cm³/mol. The molecule has 0 aliphatic rings. The smallest absolute Gasteiger partial charge is 0.306 e. The molecule has 0 heterocycles. The van der Waals surface area contributed by atoms with Crippen LogP contribution >= 0.6 is 7.60 Å². The van der Waals surface area contributed by atoms with Crippen LogP contribution in [0, 0.1) is 0 Å². The van der Waals surface area contributed by atoms with E-state index in [1.807, 2.05) is 25.2 Å². The first kappa shape index (κ1) is 27.2. The van der Waals surface area contributed by atoms with Crippen molar-refractivity contribution in [1.29, 1.82) is 0 Å². The molecule has 0 rings (SSSR count). The standard InChI is InChI=1S/C19H34FO6PS/c1-4-7-8-9-10-11-12-13-14-15-16-17-18-19(20,28(22,23)24)27(21,25-5-2)26-6-3/h4,7,10-11,14-15H,5-6,8-9,12-13,16-18H2,1-3H3,(H,22,23,24)/b7-4?,11-10+,15-14+. The molecule has 0 aromatic heterocycles. The van der Waals surface area contributed by atoms with Crippen LogP contribution in [0.4, 0.5) is 4.39 Å². The van der Waals surface area contributed by atoms with Gasteiger partial charge in [-0.15, -0.1) is 0 Å². The van der Waals surface area contributed by atoms with Crippen LogP contribution in [0.5, 0.6) is 0 Å². The van der Waals surface area contributed by atoms with Gasteiger partial charge in [-0.05, 0) is 59.3 Å². The summed E-state index contributed by atoms with van der Waals surface area (Å²) in [6.07, 6.45) is 15.6. The molecule has 0 radical (unpaired) electrons. The summed E-state index contributed by atoms with van der Waals surface area (Å²) in [5.41, 5.74) is 0. The lowest BCUT2D eigenvalue weighted by molar-refractivity contribution is 0.166. The molecule has 1 N–H and O–H groups in total. The highest BCUT2D eigenvalue weighted by Crippen LogP contribution is 2.64. The fourth-order valence-electron chi connectivity index (χ4n) is 2.44. The number of rotatable bonds is 16. The van der Waals surface area contributed by atoms with Crippen molar-refractivity contribution < 1.29 is 31.0 Å². The largest absolute Gasteiger partial charge is 0.385 e. The van der Waals surface area contributed by atoms with Crippen molar-refractivity contribution in [2.24, 2.45) is 0 Å². The van der Waals surface area contributed by atoms with Crippen LogP contribution in [0.2, 0.25) is 0 Å². The van der Waals surface area contributed by atoms with Crippen molar-refractivity contribution in [3.8, 4) is 0 Å². The number of unbranched alkanes of at least 4 members (excludes halogenated alkanes) is 3. The monoisotopic (exact) mass is 440 g/mol. The number of hydrogen-bond acceptors (Lipinski definition) is 5. The van der Waals surface area contributed by atoms with E-state index in [-0.39, 0.29) is 19.6 Å². The van der Waals surface area contributed by atoms with Crippen molar-refractivity contribution >= 4 is 17.7 Å². The van der Waals surface area contributed by atoms with Gasteiger partial charge in [-0.1, -0.05) is 36.5 Å². The molecule has 0 fully saturated rings. The van der Waals surface area contributed by atoms with E-state index in [4.69, 9.17) is 9.05 Å². The van der Waals surface area contributed by atoms with Crippen molar-refractivity contribution in [2.75, 3.05) is 13.2 Å². The Morgan fingerprint density at radius 1 is 0.929 bits per heavy atom. The first-order valence-corrected chi connectivity index (χ1v) is 12.6. The van der Waals surface area contributed by atoms with Crippen molar-refractivity contribution in [2.45, 2.75) is 70.5 Å². The van der Waals surface area contributed by atoms with Gasteiger partial charge in [-0.3, -0.25) is 9.12 Å². The molecule has 0 aromatic rings. The fourth-order valence-corrected chi connectivity index (χ4v) is 5.86. The Labute approximate surface area is 169 Å². The fraction of sp³-hybridized carbons (Fsp3) is 0.684. The highest BCUT2D eigenvalue weighted by atomic mass is 32.2. The van der Waals surface area contributed by atoms with Crippen LogP contribution < -0.4 is 0 Å². The van der Waals surface area contributed by atoms with Gasteiger partial charge in [0.2, 0.25) is 0 Å². The molecule has 164 valence electrons. The summed E-state index contributed by atoms with van der Waals surface area (Å²) in [5.74, 6) is 0. The van der Waals surface area contributed by atoms with E-state index in [0.29, 0.717) is 6.42 Å². The molecule has 0 bridgehead atoms. The molecule has 6 nitrogen and oxygen atoms in total. The molecule has 0 aliphatic heterocycles. The second kappa shape index (κ2) is 14.2. The van der Waals surface area contributed by atoms with Gasteiger partial charge in [0.1, 0.15) is 0 Å². The minimum atomic E-state index is -5.30. The second-order valence-corrected chi connectivity index (χ2v) is 10.2. The highest BCUT2D eigenvalue weighted by molar-refractivity contribution is 7.95. The van der Waals surface area contributed by atoms with E-state index < -0.39 is 28.9 Å². The van der Waals surface area contributed by atoms with Crippen LogP contribution in [0.15, 0.2) is 36.5 Å². The summed E-state index contributed by atoms with van der Waals surface area (Å²) < 4.78 is 66.4. The van der Waals surface area contributed by atoms with Gasteiger partial charge in [0.15, 0.2) is 0 Å². The van der Waals surface area contributed by atoms with Crippen molar-refractivity contribution in [3.05, 3.63) is 36.5 Å². The molecule has 28 heavy (non-hydrogen) atoms. The lowest BCUT2D eigenvalue weighted by Gasteiger charge is -2.29. The lowest BCUT2D eigenvalue weighted by atomic mass is 10.2. The Hall–Kier alpha value is -0.790. The van der Waals surface area contributed by atoms with E-state index >= 15 is 4.39 Å². The molecular weight excluding hydrogens is 406 g/mol. The second-order valence-electron chi connectivity index (χ2n) is 6.06. The maximum Gasteiger partial charge on any atom is 0.385 e. The minimum absolute atomic E-state index is 0.0656. The third-order valence-corrected chi connectivity index (χ3v) is 8.42. The lowest BCUT2D eigenvalue weighted by Crippen LogP contribution is -2.35. The van der Waals surface area contributed by atoms with Gasteiger partial charge in [-0.2, -0.15) is 8.42 Å². The van der Waals surface area contributed by atoms with E-state index in [9.17, 15) is 17.5 Å². The maximum absolute atomic E-state index is 15.1. The summed E-state index contributed by atoms with van der Waals surface area (Å²) in [4.78, 5) is 0.